The number of carboxylic acid groups (broad SMARTS) is 1. The van der Waals surface area contributed by atoms with E-state index in [0.717, 1.165) is 50.5 Å². The van der Waals surface area contributed by atoms with Crippen molar-refractivity contribution in [2.24, 2.45) is 17.8 Å². The van der Waals surface area contributed by atoms with E-state index in [2.05, 4.69) is 52.9 Å². The Balaban J connectivity index is 0.000000659. The van der Waals surface area contributed by atoms with Crippen LogP contribution in [0.2, 0.25) is 0 Å². The van der Waals surface area contributed by atoms with Crippen molar-refractivity contribution in [2.45, 2.75) is 33.4 Å². The standard InChI is InChI=1S/C19H26N4O.CH2O2/c1-13(2)7-8-23-17-6-4-3-5-16(17)21-18(23)12-22-10-14-9-20-19(24)15(14)11-22;2-1-3/h3-6,13-15H,7-12H2,1-2H3,(H,20,24);1H,(H,2,3)/t14-,15+;/m0./s1. The molecule has 2 aliphatic rings. The highest BCUT2D eigenvalue weighted by molar-refractivity contribution is 5.81. The van der Waals surface area contributed by atoms with E-state index in [9.17, 15) is 4.79 Å². The van der Waals surface area contributed by atoms with Gasteiger partial charge < -0.3 is 15.0 Å². The average molecular weight is 372 g/mol. The van der Waals surface area contributed by atoms with E-state index in [1.807, 2.05) is 0 Å². The Labute approximate surface area is 159 Å². The monoisotopic (exact) mass is 372 g/mol. The Morgan fingerprint density at radius 2 is 2.07 bits per heavy atom. The number of para-hydroxylation sites is 2. The molecule has 0 saturated carbocycles. The third kappa shape index (κ3) is 4.30. The largest absolute Gasteiger partial charge is 0.483 e. The summed E-state index contributed by atoms with van der Waals surface area (Å²) in [6, 6.07) is 8.40. The number of aryl methyl sites for hydroxylation is 1. The molecular weight excluding hydrogens is 344 g/mol. The van der Waals surface area contributed by atoms with Crippen LogP contribution < -0.4 is 5.32 Å². The van der Waals surface area contributed by atoms with E-state index in [-0.39, 0.29) is 18.3 Å². The first-order chi connectivity index (χ1) is 13.0. The van der Waals surface area contributed by atoms with Crippen LogP contribution in [-0.2, 0) is 22.7 Å². The van der Waals surface area contributed by atoms with Gasteiger partial charge in [-0.2, -0.15) is 0 Å². The smallest absolute Gasteiger partial charge is 0.290 e. The van der Waals surface area contributed by atoms with Crippen molar-refractivity contribution in [3.63, 3.8) is 0 Å². The van der Waals surface area contributed by atoms with Gasteiger partial charge in [-0.25, -0.2) is 4.98 Å². The van der Waals surface area contributed by atoms with Crippen molar-refractivity contribution in [2.75, 3.05) is 19.6 Å². The molecule has 0 bridgehead atoms. The van der Waals surface area contributed by atoms with Crippen LogP contribution in [0.4, 0.5) is 0 Å². The fraction of sp³-hybridized carbons (Fsp3) is 0.550. The van der Waals surface area contributed by atoms with Crippen molar-refractivity contribution in [1.82, 2.24) is 19.8 Å². The number of likely N-dealkylation sites (tertiary alicyclic amines) is 1. The van der Waals surface area contributed by atoms with Gasteiger partial charge in [0.25, 0.3) is 6.47 Å². The predicted octanol–water partition coefficient (Wildman–Crippen LogP) is 1.96. The second-order valence-corrected chi connectivity index (χ2v) is 7.76. The van der Waals surface area contributed by atoms with E-state index >= 15 is 0 Å². The number of carbonyl (C=O) groups is 2. The maximum Gasteiger partial charge on any atom is 0.290 e. The zero-order chi connectivity index (χ0) is 19.4. The van der Waals surface area contributed by atoms with E-state index in [1.165, 1.54) is 5.52 Å². The molecule has 1 aromatic heterocycles. The molecule has 1 aromatic carbocycles. The number of rotatable bonds is 5. The molecule has 4 rings (SSSR count). The van der Waals surface area contributed by atoms with Crippen LogP contribution in [0.15, 0.2) is 24.3 Å². The van der Waals surface area contributed by atoms with E-state index in [1.54, 1.807) is 0 Å². The van der Waals surface area contributed by atoms with E-state index in [4.69, 9.17) is 14.9 Å². The van der Waals surface area contributed by atoms with Gasteiger partial charge in [0.15, 0.2) is 0 Å². The Hall–Kier alpha value is -2.41. The summed E-state index contributed by atoms with van der Waals surface area (Å²) in [6.07, 6.45) is 1.15. The van der Waals surface area contributed by atoms with Gasteiger partial charge in [-0.3, -0.25) is 14.5 Å². The maximum atomic E-state index is 11.9. The van der Waals surface area contributed by atoms with E-state index in [0.29, 0.717) is 11.8 Å². The number of fused-ring (bicyclic) bond motifs is 2. The molecule has 7 nitrogen and oxygen atoms in total. The van der Waals surface area contributed by atoms with Gasteiger partial charge in [0.2, 0.25) is 5.91 Å². The zero-order valence-corrected chi connectivity index (χ0v) is 16.0. The summed E-state index contributed by atoms with van der Waals surface area (Å²) >= 11 is 0. The predicted molar refractivity (Wildman–Crippen MR) is 103 cm³/mol. The number of hydrogen-bond acceptors (Lipinski definition) is 4. The quantitative estimate of drug-likeness (QED) is 0.784. The molecule has 0 aliphatic carbocycles. The molecule has 1 amide bonds. The van der Waals surface area contributed by atoms with Gasteiger partial charge in [-0.1, -0.05) is 26.0 Å². The van der Waals surface area contributed by atoms with Crippen molar-refractivity contribution in [3.8, 4) is 0 Å². The number of benzene rings is 1. The van der Waals surface area contributed by atoms with Crippen LogP contribution in [-0.4, -0.2) is 51.6 Å². The lowest BCUT2D eigenvalue weighted by molar-refractivity contribution is -0.123. The molecular formula is C20H28N4O3. The van der Waals surface area contributed by atoms with Crippen LogP contribution in [0, 0.1) is 17.8 Å². The van der Waals surface area contributed by atoms with Gasteiger partial charge in [-0.05, 0) is 24.5 Å². The summed E-state index contributed by atoms with van der Waals surface area (Å²) < 4.78 is 2.38. The van der Waals surface area contributed by atoms with Crippen molar-refractivity contribution in [3.05, 3.63) is 30.1 Å². The second-order valence-electron chi connectivity index (χ2n) is 7.76. The molecule has 2 aromatic rings. The second kappa shape index (κ2) is 8.52. The van der Waals surface area contributed by atoms with Crippen LogP contribution >= 0.6 is 0 Å². The topological polar surface area (TPSA) is 87.5 Å². The molecule has 2 N–H and O–H groups in total. The molecule has 2 atom stereocenters. The lowest BCUT2D eigenvalue weighted by Crippen LogP contribution is -2.29. The molecule has 0 unspecified atom stereocenters. The van der Waals surface area contributed by atoms with Gasteiger partial charge in [0, 0.05) is 32.1 Å². The maximum absolute atomic E-state index is 11.9. The van der Waals surface area contributed by atoms with Crippen LogP contribution in [0.5, 0.6) is 0 Å². The van der Waals surface area contributed by atoms with Crippen LogP contribution in [0.3, 0.4) is 0 Å². The zero-order valence-electron chi connectivity index (χ0n) is 16.0. The average Bonchev–Trinajstić information content (AvgIpc) is 3.28. The summed E-state index contributed by atoms with van der Waals surface area (Å²) in [7, 11) is 0. The highest BCUT2D eigenvalue weighted by Crippen LogP contribution is 2.29. The first-order valence-electron chi connectivity index (χ1n) is 9.55. The number of imidazole rings is 1. The molecule has 3 heterocycles. The fourth-order valence-corrected chi connectivity index (χ4v) is 4.04. The minimum Gasteiger partial charge on any atom is -0.483 e. The summed E-state index contributed by atoms with van der Waals surface area (Å²) in [5, 5.41) is 9.87. The van der Waals surface area contributed by atoms with Crippen molar-refractivity contribution < 1.29 is 14.7 Å². The van der Waals surface area contributed by atoms with Crippen LogP contribution in [0.25, 0.3) is 11.0 Å². The highest BCUT2D eigenvalue weighted by Gasteiger charge is 2.42. The number of nitrogens with one attached hydrogen (secondary N) is 1. The first-order valence-corrected chi connectivity index (χ1v) is 9.55. The highest BCUT2D eigenvalue weighted by atomic mass is 16.3. The minimum atomic E-state index is -0.250. The summed E-state index contributed by atoms with van der Waals surface area (Å²) in [4.78, 5) is 27.5. The molecule has 146 valence electrons. The molecule has 0 spiro atoms. The summed E-state index contributed by atoms with van der Waals surface area (Å²) in [5.74, 6) is 2.70. The molecule has 2 fully saturated rings. The number of aromatic nitrogens is 2. The number of hydrogen-bond donors (Lipinski definition) is 2. The molecule has 7 heteroatoms. The van der Waals surface area contributed by atoms with Crippen molar-refractivity contribution >= 4 is 23.4 Å². The number of carbonyl (C=O) groups excluding carboxylic acids is 1. The first kappa shape index (κ1) is 19.4. The summed E-state index contributed by atoms with van der Waals surface area (Å²) in [5.41, 5.74) is 2.30. The van der Waals surface area contributed by atoms with E-state index < -0.39 is 0 Å². The number of nitrogens with zero attached hydrogens (tertiary/aromatic N) is 3. The molecule has 27 heavy (non-hydrogen) atoms. The van der Waals surface area contributed by atoms with Gasteiger partial charge >= 0.3 is 0 Å². The molecule has 2 aliphatic heterocycles. The Morgan fingerprint density at radius 1 is 1.33 bits per heavy atom. The van der Waals surface area contributed by atoms with Gasteiger partial charge in [0.1, 0.15) is 5.82 Å². The Bertz CT molecular complexity index is 802. The lowest BCUT2D eigenvalue weighted by Gasteiger charge is -2.18. The fourth-order valence-electron chi connectivity index (χ4n) is 4.04. The van der Waals surface area contributed by atoms with Gasteiger partial charge in [0.05, 0.1) is 23.5 Å². The third-order valence-electron chi connectivity index (χ3n) is 5.42. The molecule has 0 radical (unpaired) electrons. The SMILES string of the molecule is CC(C)CCn1c(CN2C[C@@H]3CNC(=O)[C@@H]3C2)nc2ccccc21.O=CO. The Kier molecular flexibility index (Phi) is 6.11. The Morgan fingerprint density at radius 3 is 2.78 bits per heavy atom. The van der Waals surface area contributed by atoms with Gasteiger partial charge in [-0.15, -0.1) is 0 Å². The number of amides is 1. The minimum absolute atomic E-state index is 0.179. The summed E-state index contributed by atoms with van der Waals surface area (Å²) in [6.45, 7) is 8.82. The third-order valence-corrected chi connectivity index (χ3v) is 5.42. The normalized spacial score (nSPS) is 21.8. The van der Waals surface area contributed by atoms with Crippen molar-refractivity contribution in [1.29, 1.82) is 0 Å². The molecule has 2 saturated heterocycles. The lowest BCUT2D eigenvalue weighted by atomic mass is 10.0. The van der Waals surface area contributed by atoms with Crippen LogP contribution in [0.1, 0.15) is 26.1 Å².